The van der Waals surface area contributed by atoms with Crippen molar-refractivity contribution >= 4 is 5.78 Å². The Balaban J connectivity index is 1.83. The van der Waals surface area contributed by atoms with Crippen molar-refractivity contribution in [2.75, 3.05) is 6.67 Å². The Morgan fingerprint density at radius 3 is 2.87 bits per heavy atom. The highest BCUT2D eigenvalue weighted by atomic mass is 19.1. The smallest absolute Gasteiger partial charge is 0.156 e. The molecule has 1 N–H and O–H groups in total. The summed E-state index contributed by atoms with van der Waals surface area (Å²) in [7, 11) is 0. The lowest BCUT2D eigenvalue weighted by molar-refractivity contribution is -0.114. The second-order valence-corrected chi connectivity index (χ2v) is 7.75. The molecule has 0 unspecified atom stereocenters. The molecule has 0 spiro atoms. The van der Waals surface area contributed by atoms with Crippen LogP contribution >= 0.6 is 0 Å². The van der Waals surface area contributed by atoms with Crippen LogP contribution in [0.2, 0.25) is 0 Å². The fourth-order valence-electron chi connectivity index (χ4n) is 5.85. The quantitative estimate of drug-likeness (QED) is 0.834. The van der Waals surface area contributed by atoms with Crippen molar-refractivity contribution in [1.82, 2.24) is 0 Å². The van der Waals surface area contributed by atoms with Crippen LogP contribution in [0.25, 0.3) is 0 Å². The van der Waals surface area contributed by atoms with Crippen LogP contribution in [0.15, 0.2) is 34.9 Å². The number of hydrogen-bond donors (Lipinski definition) is 1. The molecule has 0 radical (unpaired) electrons. The Kier molecular flexibility index (Phi) is 3.42. The van der Waals surface area contributed by atoms with E-state index in [-0.39, 0.29) is 5.78 Å². The van der Waals surface area contributed by atoms with E-state index < -0.39 is 17.7 Å². The number of hydrogen-bond acceptors (Lipinski definition) is 2. The molecule has 0 saturated heterocycles. The van der Waals surface area contributed by atoms with Gasteiger partial charge in [-0.15, -0.1) is 0 Å². The molecular formula is C20H25FO2. The monoisotopic (exact) mass is 316 g/mol. The summed E-state index contributed by atoms with van der Waals surface area (Å²) in [6, 6.07) is 0. The third-order valence-corrected chi connectivity index (χ3v) is 7.07. The number of halogens is 1. The molecule has 23 heavy (non-hydrogen) atoms. The van der Waals surface area contributed by atoms with Crippen molar-refractivity contribution in [1.29, 1.82) is 0 Å². The Bertz CT molecular complexity index is 644. The molecule has 0 aromatic rings. The van der Waals surface area contributed by atoms with Crippen molar-refractivity contribution in [2.24, 2.45) is 17.3 Å². The number of rotatable bonds is 2. The number of ketones is 1. The van der Waals surface area contributed by atoms with E-state index in [9.17, 15) is 14.3 Å². The van der Waals surface area contributed by atoms with Gasteiger partial charge in [0.2, 0.25) is 0 Å². The van der Waals surface area contributed by atoms with Crippen molar-refractivity contribution in [2.45, 2.75) is 57.5 Å². The van der Waals surface area contributed by atoms with Crippen molar-refractivity contribution < 1.29 is 14.3 Å². The first-order valence-electron chi connectivity index (χ1n) is 8.99. The highest BCUT2D eigenvalue weighted by Crippen LogP contribution is 2.62. The van der Waals surface area contributed by atoms with E-state index in [1.165, 1.54) is 16.7 Å². The van der Waals surface area contributed by atoms with Crippen LogP contribution in [0.5, 0.6) is 0 Å². The van der Waals surface area contributed by atoms with Crippen LogP contribution in [-0.4, -0.2) is 23.2 Å². The van der Waals surface area contributed by atoms with Gasteiger partial charge in [0.15, 0.2) is 5.78 Å². The summed E-state index contributed by atoms with van der Waals surface area (Å²) in [5.41, 5.74) is 2.34. The van der Waals surface area contributed by atoms with Crippen molar-refractivity contribution in [3.63, 3.8) is 0 Å². The fourth-order valence-corrected chi connectivity index (χ4v) is 5.85. The topological polar surface area (TPSA) is 37.3 Å². The number of carbonyl (C=O) groups is 1. The molecular weight excluding hydrogens is 291 g/mol. The van der Waals surface area contributed by atoms with Gasteiger partial charge < -0.3 is 5.11 Å². The first-order valence-corrected chi connectivity index (χ1v) is 8.99. The first-order chi connectivity index (χ1) is 11.0. The molecule has 0 heterocycles. The molecule has 0 bridgehead atoms. The minimum absolute atomic E-state index is 0.248. The molecule has 2 nitrogen and oxygen atoms in total. The van der Waals surface area contributed by atoms with Gasteiger partial charge >= 0.3 is 0 Å². The van der Waals surface area contributed by atoms with Gasteiger partial charge in [0, 0.05) is 11.8 Å². The molecule has 0 aliphatic heterocycles. The predicted molar refractivity (Wildman–Crippen MR) is 87.6 cm³/mol. The summed E-state index contributed by atoms with van der Waals surface area (Å²) >= 11 is 0. The number of allylic oxidation sites excluding steroid dienone is 5. The zero-order chi connectivity index (χ0) is 16.2. The number of carbonyl (C=O) groups excluding carboxylic acids is 1. The largest absolute Gasteiger partial charge is 0.386 e. The van der Waals surface area contributed by atoms with Crippen LogP contribution < -0.4 is 0 Å². The summed E-state index contributed by atoms with van der Waals surface area (Å²) in [4.78, 5) is 11.7. The molecule has 1 fully saturated rings. The van der Waals surface area contributed by atoms with E-state index in [1.807, 2.05) is 6.08 Å². The van der Waals surface area contributed by atoms with E-state index in [1.54, 1.807) is 0 Å². The second-order valence-electron chi connectivity index (χ2n) is 7.75. The van der Waals surface area contributed by atoms with E-state index in [0.717, 1.165) is 32.1 Å². The third kappa shape index (κ3) is 1.92. The average Bonchev–Trinajstić information content (AvgIpc) is 2.88. The lowest BCUT2D eigenvalue weighted by Crippen LogP contribution is -2.50. The van der Waals surface area contributed by atoms with Crippen LogP contribution in [0.3, 0.4) is 0 Å². The summed E-state index contributed by atoms with van der Waals surface area (Å²) in [5.74, 6) is 0.999. The van der Waals surface area contributed by atoms with Gasteiger partial charge in [-0.3, -0.25) is 4.79 Å². The standard InChI is InChI=1S/C20H25FO2/c1-2-19-9-7-16-15-6-4-14(22)11-13(15)3-5-17(16)18(19)8-10-20(19,23)12-21/h7,9,11,17-18,23H,2-6,8,10,12H2,1H3/t17-,18+,19+,20-/m1/s1. The molecule has 3 heteroatoms. The molecule has 124 valence electrons. The second kappa shape index (κ2) is 5.14. The highest BCUT2D eigenvalue weighted by molar-refractivity contribution is 5.93. The molecule has 0 amide bonds. The predicted octanol–water partition coefficient (Wildman–Crippen LogP) is 4.06. The summed E-state index contributed by atoms with van der Waals surface area (Å²) in [6.45, 7) is 1.43. The van der Waals surface area contributed by atoms with Crippen LogP contribution in [-0.2, 0) is 4.79 Å². The molecule has 4 aliphatic carbocycles. The number of alkyl halides is 1. The third-order valence-electron chi connectivity index (χ3n) is 7.07. The van der Waals surface area contributed by atoms with Gasteiger partial charge in [0.25, 0.3) is 0 Å². The zero-order valence-corrected chi connectivity index (χ0v) is 13.8. The van der Waals surface area contributed by atoms with Gasteiger partial charge in [-0.2, -0.15) is 0 Å². The van der Waals surface area contributed by atoms with Crippen LogP contribution in [0.4, 0.5) is 4.39 Å². The Morgan fingerprint density at radius 1 is 1.30 bits per heavy atom. The SMILES string of the molecule is CC[C@]12C=CC3=C4CCC(=O)C=C4CC[C@H]3[C@@H]1CC[C@@]2(O)CF. The van der Waals surface area contributed by atoms with Gasteiger partial charge in [0.05, 0.1) is 0 Å². The van der Waals surface area contributed by atoms with E-state index in [2.05, 4.69) is 19.1 Å². The van der Waals surface area contributed by atoms with E-state index in [4.69, 9.17) is 0 Å². The first kappa shape index (κ1) is 15.3. The van der Waals surface area contributed by atoms with E-state index >= 15 is 0 Å². The Labute approximate surface area is 137 Å². The van der Waals surface area contributed by atoms with Crippen LogP contribution in [0, 0.1) is 17.3 Å². The molecule has 0 aromatic carbocycles. The maximum absolute atomic E-state index is 13.7. The minimum atomic E-state index is -1.20. The molecule has 0 aromatic heterocycles. The molecule has 4 aliphatic rings. The van der Waals surface area contributed by atoms with Crippen LogP contribution in [0.1, 0.15) is 51.9 Å². The van der Waals surface area contributed by atoms with Crippen molar-refractivity contribution in [3.05, 3.63) is 34.9 Å². The maximum atomic E-state index is 13.7. The molecule has 4 rings (SSSR count). The summed E-state index contributed by atoms with van der Waals surface area (Å²) in [6.07, 6.45) is 11.8. The fraction of sp³-hybridized carbons (Fsp3) is 0.650. The Hall–Kier alpha value is -1.22. The maximum Gasteiger partial charge on any atom is 0.156 e. The Morgan fingerprint density at radius 2 is 2.13 bits per heavy atom. The minimum Gasteiger partial charge on any atom is -0.386 e. The normalized spacial score (nSPS) is 42.2. The van der Waals surface area contributed by atoms with Crippen molar-refractivity contribution in [3.8, 4) is 0 Å². The van der Waals surface area contributed by atoms with Gasteiger partial charge in [-0.05, 0) is 73.2 Å². The lowest BCUT2D eigenvalue weighted by Gasteiger charge is -2.49. The van der Waals surface area contributed by atoms with Gasteiger partial charge in [-0.1, -0.05) is 19.1 Å². The van der Waals surface area contributed by atoms with Gasteiger partial charge in [-0.25, -0.2) is 4.39 Å². The number of aliphatic hydroxyl groups is 1. The summed E-state index contributed by atoms with van der Waals surface area (Å²) in [5, 5.41) is 10.9. The van der Waals surface area contributed by atoms with Gasteiger partial charge in [0.1, 0.15) is 12.3 Å². The zero-order valence-electron chi connectivity index (χ0n) is 13.8. The highest BCUT2D eigenvalue weighted by Gasteiger charge is 2.60. The summed E-state index contributed by atoms with van der Waals surface area (Å²) < 4.78 is 13.7. The molecule has 4 atom stereocenters. The average molecular weight is 316 g/mol. The molecule has 1 saturated carbocycles. The van der Waals surface area contributed by atoms with E-state index in [0.29, 0.717) is 24.7 Å². The lowest BCUT2D eigenvalue weighted by atomic mass is 9.56. The number of fused-ring (bicyclic) bond motifs is 4.